The molecule has 3 aromatic rings. The molecular formula is C24H21PTi. The van der Waals surface area contributed by atoms with Crippen LogP contribution in [0.3, 0.4) is 0 Å². The summed E-state index contributed by atoms with van der Waals surface area (Å²) >= 11 is -0.246. The second kappa shape index (κ2) is 6.61. The van der Waals surface area contributed by atoms with Crippen LogP contribution in [0.4, 0.5) is 0 Å². The van der Waals surface area contributed by atoms with E-state index in [9.17, 15) is 0 Å². The molecular weight excluding hydrogens is 367 g/mol. The van der Waals surface area contributed by atoms with Crippen LogP contribution in [0.25, 0.3) is 17.2 Å². The van der Waals surface area contributed by atoms with Crippen LogP contribution in [0.5, 0.6) is 0 Å². The van der Waals surface area contributed by atoms with Gasteiger partial charge in [0.2, 0.25) is 0 Å². The molecule has 0 aromatic heterocycles. The van der Waals surface area contributed by atoms with Crippen molar-refractivity contribution in [1.82, 2.24) is 0 Å². The molecule has 0 saturated carbocycles. The molecule has 0 saturated heterocycles. The summed E-state index contributed by atoms with van der Waals surface area (Å²) in [5.41, 5.74) is 9.10. The van der Waals surface area contributed by atoms with Crippen LogP contribution >= 0.6 is 7.92 Å². The van der Waals surface area contributed by atoms with Gasteiger partial charge in [-0.1, -0.05) is 0 Å². The number of hydrogen-bond donors (Lipinski definition) is 0. The van der Waals surface area contributed by atoms with E-state index in [1.165, 1.54) is 16.7 Å². The van der Waals surface area contributed by atoms with E-state index in [1.807, 2.05) is 0 Å². The van der Waals surface area contributed by atoms with Crippen molar-refractivity contribution in [3.8, 4) is 11.1 Å². The molecule has 0 radical (unpaired) electrons. The summed E-state index contributed by atoms with van der Waals surface area (Å²) in [6, 6.07) is 27.3. The second-order valence-corrected chi connectivity index (χ2v) is 11.9. The number of rotatable bonds is 3. The van der Waals surface area contributed by atoms with Gasteiger partial charge in [-0.25, -0.2) is 0 Å². The molecule has 1 unspecified atom stereocenters. The fourth-order valence-corrected chi connectivity index (χ4v) is 9.90. The molecule has 2 heteroatoms. The van der Waals surface area contributed by atoms with Gasteiger partial charge in [0.05, 0.1) is 0 Å². The van der Waals surface area contributed by atoms with E-state index in [0.29, 0.717) is 8.45 Å². The van der Waals surface area contributed by atoms with Gasteiger partial charge >= 0.3 is 166 Å². The van der Waals surface area contributed by atoms with Crippen molar-refractivity contribution in [1.29, 1.82) is 0 Å². The van der Waals surface area contributed by atoms with Crippen molar-refractivity contribution >= 4 is 14.0 Å². The molecule has 2 aliphatic rings. The van der Waals surface area contributed by atoms with Crippen molar-refractivity contribution in [2.45, 2.75) is 8.45 Å². The quantitative estimate of drug-likeness (QED) is 0.347. The Morgan fingerprint density at radius 1 is 0.654 bits per heavy atom. The first kappa shape index (κ1) is 16.7. The summed E-state index contributed by atoms with van der Waals surface area (Å²) in [5.74, 6) is 0. The van der Waals surface area contributed by atoms with Crippen LogP contribution < -0.4 is 0 Å². The van der Waals surface area contributed by atoms with E-state index in [1.54, 1.807) is 22.0 Å². The molecule has 2 aliphatic carbocycles. The minimum atomic E-state index is -0.246. The Labute approximate surface area is 166 Å². The molecule has 0 nitrogen and oxygen atoms in total. The van der Waals surface area contributed by atoms with Crippen LogP contribution in [-0.4, -0.2) is 13.3 Å². The summed E-state index contributed by atoms with van der Waals surface area (Å²) in [6.45, 7) is 4.84. The number of benzene rings is 3. The first-order chi connectivity index (χ1) is 12.7. The molecule has 26 heavy (non-hydrogen) atoms. The van der Waals surface area contributed by atoms with Crippen molar-refractivity contribution in [2.75, 3.05) is 13.3 Å². The van der Waals surface area contributed by atoms with Gasteiger partial charge in [-0.3, -0.25) is 0 Å². The molecule has 0 amide bonds. The monoisotopic (exact) mass is 388 g/mol. The molecule has 3 aromatic carbocycles. The zero-order chi connectivity index (χ0) is 17.7. The van der Waals surface area contributed by atoms with E-state index < -0.39 is 0 Å². The van der Waals surface area contributed by atoms with E-state index in [-0.39, 0.29) is 27.1 Å². The molecule has 0 N–H and O–H groups in total. The first-order valence-electron chi connectivity index (χ1n) is 9.16. The average molecular weight is 388 g/mol. The van der Waals surface area contributed by atoms with Crippen LogP contribution in [0.1, 0.15) is 30.7 Å². The number of fused-ring (bicyclic) bond motifs is 4. The third kappa shape index (κ3) is 2.59. The predicted molar refractivity (Wildman–Crippen MR) is 110 cm³/mol. The van der Waals surface area contributed by atoms with Gasteiger partial charge in [0.25, 0.3) is 0 Å². The van der Waals surface area contributed by atoms with Gasteiger partial charge in [0, 0.05) is 0 Å². The SMILES string of the molecule is CP(C)C1=Cc2ccccc2[CH]1[Ti][CH]1c2ccccc2-c2ccccc21. The number of allylic oxidation sites excluding steroid dienone is 1. The Kier molecular flexibility index (Phi) is 4.25. The van der Waals surface area contributed by atoms with Crippen LogP contribution in [-0.2, 0) is 19.2 Å². The molecule has 5 rings (SSSR count). The second-order valence-electron chi connectivity index (χ2n) is 7.30. The van der Waals surface area contributed by atoms with Crippen molar-refractivity contribution in [2.24, 2.45) is 0 Å². The molecule has 126 valence electrons. The summed E-state index contributed by atoms with van der Waals surface area (Å²) in [4.78, 5) is 0. The first-order valence-corrected chi connectivity index (χ1v) is 13.2. The molecule has 0 heterocycles. The normalized spacial score (nSPS) is 17.7. The van der Waals surface area contributed by atoms with Crippen molar-refractivity contribution < 1.29 is 19.2 Å². The Morgan fingerprint density at radius 3 is 1.81 bits per heavy atom. The Hall–Kier alpha value is -1.46. The third-order valence-electron chi connectivity index (χ3n) is 5.59. The number of hydrogen-bond acceptors (Lipinski definition) is 0. The average Bonchev–Trinajstić information content (AvgIpc) is 3.20. The van der Waals surface area contributed by atoms with E-state index in [4.69, 9.17) is 0 Å². The molecule has 0 bridgehead atoms. The minimum absolute atomic E-state index is 0.0497. The topological polar surface area (TPSA) is 0 Å². The molecule has 0 aliphatic heterocycles. The maximum absolute atomic E-state index is 2.50. The van der Waals surface area contributed by atoms with Crippen LogP contribution in [0.2, 0.25) is 0 Å². The van der Waals surface area contributed by atoms with Gasteiger partial charge in [0.15, 0.2) is 0 Å². The molecule has 1 atom stereocenters. The van der Waals surface area contributed by atoms with E-state index in [2.05, 4.69) is 92.2 Å². The molecule has 0 fully saturated rings. The summed E-state index contributed by atoms with van der Waals surface area (Å²) in [6.07, 6.45) is 2.50. The Bertz CT molecular complexity index is 972. The fraction of sp³-hybridized carbons (Fsp3) is 0.167. The Balaban J connectivity index is 1.60. The zero-order valence-electron chi connectivity index (χ0n) is 15.1. The summed E-state index contributed by atoms with van der Waals surface area (Å²) < 4.78 is 1.30. The van der Waals surface area contributed by atoms with Crippen molar-refractivity contribution in [3.63, 3.8) is 0 Å². The standard InChI is InChI=1S/C13H9.C11H12P.Ti/c1-3-7-12-10(5-1)9-11-6-2-4-8-13(11)12;1-12(2)11-7-9-5-3-4-6-10(9)8-11;/h1-9H;3-8H,1-2H3;. The van der Waals surface area contributed by atoms with Gasteiger partial charge in [-0.15, -0.1) is 0 Å². The fourth-order valence-electron chi connectivity index (χ4n) is 4.37. The van der Waals surface area contributed by atoms with Gasteiger partial charge in [-0.05, 0) is 0 Å². The van der Waals surface area contributed by atoms with Crippen LogP contribution in [0, 0.1) is 0 Å². The predicted octanol–water partition coefficient (Wildman–Crippen LogP) is 6.68. The third-order valence-corrected chi connectivity index (χ3v) is 10.4. The Morgan fingerprint density at radius 2 is 1.19 bits per heavy atom. The molecule has 0 spiro atoms. The van der Waals surface area contributed by atoms with Gasteiger partial charge in [0.1, 0.15) is 0 Å². The van der Waals surface area contributed by atoms with Crippen molar-refractivity contribution in [3.05, 3.63) is 100 Å². The zero-order valence-corrected chi connectivity index (χ0v) is 17.6. The van der Waals surface area contributed by atoms with E-state index >= 15 is 0 Å². The van der Waals surface area contributed by atoms with Gasteiger partial charge in [-0.2, -0.15) is 0 Å². The summed E-state index contributed by atoms with van der Waals surface area (Å²) in [5, 5.41) is 1.71. The van der Waals surface area contributed by atoms with Gasteiger partial charge < -0.3 is 0 Å². The summed E-state index contributed by atoms with van der Waals surface area (Å²) in [7, 11) is -0.0497. The van der Waals surface area contributed by atoms with Crippen LogP contribution in [0.15, 0.2) is 78.1 Å². The van der Waals surface area contributed by atoms with E-state index in [0.717, 1.165) is 0 Å². The maximum atomic E-state index is 2.50.